The topological polar surface area (TPSA) is 67.4 Å². The van der Waals surface area contributed by atoms with Crippen LogP contribution in [0.4, 0.5) is 0 Å². The zero-order chi connectivity index (χ0) is 15.0. The molecule has 0 spiro atoms. The molecule has 0 aromatic carbocycles. The van der Waals surface area contributed by atoms with Gasteiger partial charge in [0.1, 0.15) is 6.04 Å². The lowest BCUT2D eigenvalue weighted by atomic mass is 10.0. The van der Waals surface area contributed by atoms with Gasteiger partial charge in [0, 0.05) is 5.25 Å². The molecule has 1 saturated heterocycles. The lowest BCUT2D eigenvalue weighted by Crippen LogP contribution is -2.43. The van der Waals surface area contributed by atoms with Gasteiger partial charge in [-0.05, 0) is 38.3 Å². The number of nitrogens with one attached hydrogen (secondary N) is 2. The molecule has 0 unspecified atom stereocenters. The lowest BCUT2D eigenvalue weighted by molar-refractivity contribution is -0.145. The SMILES string of the molecule is COC(=O)[C@H](CC(C)C)NC(=O)CSC1CCNCC1. The molecule has 0 saturated carbocycles. The molecule has 2 N–H and O–H groups in total. The number of esters is 1. The number of thioether (sulfide) groups is 1. The number of methoxy groups -OCH3 is 1. The van der Waals surface area contributed by atoms with Crippen LogP contribution in [0, 0.1) is 5.92 Å². The van der Waals surface area contributed by atoms with Crippen molar-refractivity contribution in [3.63, 3.8) is 0 Å². The molecular formula is C14H26N2O3S. The average molecular weight is 302 g/mol. The van der Waals surface area contributed by atoms with Gasteiger partial charge in [0.05, 0.1) is 12.9 Å². The third-order valence-corrected chi connectivity index (χ3v) is 4.64. The van der Waals surface area contributed by atoms with Crippen molar-refractivity contribution >= 4 is 23.6 Å². The van der Waals surface area contributed by atoms with E-state index in [-0.39, 0.29) is 11.9 Å². The van der Waals surface area contributed by atoms with Crippen molar-refractivity contribution in [2.24, 2.45) is 5.92 Å². The number of ether oxygens (including phenoxy) is 1. The van der Waals surface area contributed by atoms with Crippen molar-refractivity contribution in [2.45, 2.75) is 44.4 Å². The molecule has 0 aromatic heterocycles. The Kier molecular flexibility index (Phi) is 7.99. The molecule has 1 atom stereocenters. The number of carbonyl (C=O) groups is 2. The van der Waals surface area contributed by atoms with Crippen LogP contribution in [0.5, 0.6) is 0 Å². The fourth-order valence-corrected chi connectivity index (χ4v) is 3.26. The smallest absolute Gasteiger partial charge is 0.328 e. The van der Waals surface area contributed by atoms with Crippen LogP contribution >= 0.6 is 11.8 Å². The summed E-state index contributed by atoms with van der Waals surface area (Å²) in [5, 5.41) is 6.64. The van der Waals surface area contributed by atoms with Crippen molar-refractivity contribution in [2.75, 3.05) is 26.0 Å². The first-order chi connectivity index (χ1) is 9.52. The highest BCUT2D eigenvalue weighted by molar-refractivity contribution is 8.00. The Morgan fingerprint density at radius 2 is 2.00 bits per heavy atom. The van der Waals surface area contributed by atoms with E-state index in [1.165, 1.54) is 7.11 Å². The van der Waals surface area contributed by atoms with Gasteiger partial charge in [-0.1, -0.05) is 13.8 Å². The van der Waals surface area contributed by atoms with Crippen LogP contribution in [-0.4, -0.2) is 49.1 Å². The Morgan fingerprint density at radius 3 is 2.55 bits per heavy atom. The molecule has 1 amide bonds. The third-order valence-electron chi connectivity index (χ3n) is 3.26. The summed E-state index contributed by atoms with van der Waals surface area (Å²) in [6, 6.07) is -0.527. The molecule has 5 nitrogen and oxygen atoms in total. The second-order valence-electron chi connectivity index (χ2n) is 5.53. The van der Waals surface area contributed by atoms with Crippen LogP contribution in [0.15, 0.2) is 0 Å². The van der Waals surface area contributed by atoms with E-state index in [4.69, 9.17) is 4.74 Å². The fraction of sp³-hybridized carbons (Fsp3) is 0.857. The molecule has 0 bridgehead atoms. The second kappa shape index (κ2) is 9.23. The quantitative estimate of drug-likeness (QED) is 0.691. The molecule has 0 aromatic rings. The minimum atomic E-state index is -0.527. The van der Waals surface area contributed by atoms with Crippen LogP contribution < -0.4 is 10.6 Å². The molecular weight excluding hydrogens is 276 g/mol. The van der Waals surface area contributed by atoms with E-state index in [0.717, 1.165) is 25.9 Å². The predicted molar refractivity (Wildman–Crippen MR) is 81.8 cm³/mol. The maximum absolute atomic E-state index is 11.9. The van der Waals surface area contributed by atoms with Crippen LogP contribution in [0.3, 0.4) is 0 Å². The fourth-order valence-electron chi connectivity index (χ4n) is 2.22. The van der Waals surface area contributed by atoms with Crippen LogP contribution in [0.25, 0.3) is 0 Å². The van der Waals surface area contributed by atoms with Gasteiger partial charge < -0.3 is 15.4 Å². The number of rotatable bonds is 7. The number of piperidine rings is 1. The predicted octanol–water partition coefficient (Wildman–Crippen LogP) is 1.18. The highest BCUT2D eigenvalue weighted by atomic mass is 32.2. The van der Waals surface area contributed by atoms with E-state index in [2.05, 4.69) is 10.6 Å². The summed E-state index contributed by atoms with van der Waals surface area (Å²) in [5.41, 5.74) is 0. The number of amides is 1. The third kappa shape index (κ3) is 6.61. The van der Waals surface area contributed by atoms with Gasteiger partial charge in [-0.2, -0.15) is 0 Å². The largest absolute Gasteiger partial charge is 0.467 e. The summed E-state index contributed by atoms with van der Waals surface area (Å²) >= 11 is 1.68. The van der Waals surface area contributed by atoms with E-state index in [0.29, 0.717) is 23.3 Å². The van der Waals surface area contributed by atoms with Gasteiger partial charge in [0.25, 0.3) is 0 Å². The van der Waals surface area contributed by atoms with Gasteiger partial charge >= 0.3 is 5.97 Å². The first kappa shape index (κ1) is 17.3. The first-order valence-corrected chi connectivity index (χ1v) is 8.27. The van der Waals surface area contributed by atoms with Crippen molar-refractivity contribution in [3.05, 3.63) is 0 Å². The molecule has 6 heteroatoms. The van der Waals surface area contributed by atoms with E-state index < -0.39 is 6.04 Å². The van der Waals surface area contributed by atoms with E-state index in [1.807, 2.05) is 13.8 Å². The first-order valence-electron chi connectivity index (χ1n) is 7.22. The summed E-state index contributed by atoms with van der Waals surface area (Å²) in [4.78, 5) is 23.6. The number of hydrogen-bond acceptors (Lipinski definition) is 5. The molecule has 0 aliphatic carbocycles. The van der Waals surface area contributed by atoms with Gasteiger partial charge in [-0.25, -0.2) is 4.79 Å². The Bertz CT molecular complexity index is 318. The molecule has 1 rings (SSSR count). The molecule has 1 heterocycles. The number of carbonyl (C=O) groups excluding carboxylic acids is 2. The van der Waals surface area contributed by atoms with Crippen LogP contribution in [-0.2, 0) is 14.3 Å². The van der Waals surface area contributed by atoms with Crippen molar-refractivity contribution < 1.29 is 14.3 Å². The summed E-state index contributed by atoms with van der Waals surface area (Å²) in [7, 11) is 1.35. The normalized spacial score (nSPS) is 17.8. The summed E-state index contributed by atoms with van der Waals surface area (Å²) < 4.78 is 4.74. The zero-order valence-corrected chi connectivity index (χ0v) is 13.4. The highest BCUT2D eigenvalue weighted by Gasteiger charge is 2.23. The van der Waals surface area contributed by atoms with E-state index in [1.54, 1.807) is 11.8 Å². The summed E-state index contributed by atoms with van der Waals surface area (Å²) in [6.07, 6.45) is 2.81. The van der Waals surface area contributed by atoms with Crippen LogP contribution in [0.1, 0.15) is 33.1 Å². The molecule has 20 heavy (non-hydrogen) atoms. The maximum Gasteiger partial charge on any atom is 0.328 e. The Labute approximate surface area is 125 Å². The highest BCUT2D eigenvalue weighted by Crippen LogP contribution is 2.19. The molecule has 0 radical (unpaired) electrons. The summed E-state index contributed by atoms with van der Waals surface area (Å²) in [6.45, 7) is 6.09. The van der Waals surface area contributed by atoms with Gasteiger partial charge in [0.15, 0.2) is 0 Å². The lowest BCUT2D eigenvalue weighted by Gasteiger charge is -2.22. The molecule has 116 valence electrons. The minimum absolute atomic E-state index is 0.0791. The Hall–Kier alpha value is -0.750. The monoisotopic (exact) mass is 302 g/mol. The molecule has 1 aliphatic rings. The Balaban J connectivity index is 2.34. The van der Waals surface area contributed by atoms with Gasteiger partial charge in [0.2, 0.25) is 5.91 Å². The van der Waals surface area contributed by atoms with E-state index >= 15 is 0 Å². The van der Waals surface area contributed by atoms with Crippen LogP contribution in [0.2, 0.25) is 0 Å². The van der Waals surface area contributed by atoms with Gasteiger partial charge in [-0.15, -0.1) is 11.8 Å². The zero-order valence-electron chi connectivity index (χ0n) is 12.6. The molecule has 1 fully saturated rings. The van der Waals surface area contributed by atoms with E-state index in [9.17, 15) is 9.59 Å². The second-order valence-corrected chi connectivity index (χ2v) is 6.82. The van der Waals surface area contributed by atoms with Gasteiger partial charge in [-0.3, -0.25) is 4.79 Å². The summed E-state index contributed by atoms with van der Waals surface area (Å²) in [5.74, 6) is 0.302. The molecule has 1 aliphatic heterocycles. The Morgan fingerprint density at radius 1 is 1.35 bits per heavy atom. The average Bonchev–Trinajstić information content (AvgIpc) is 2.44. The number of hydrogen-bond donors (Lipinski definition) is 2. The van der Waals surface area contributed by atoms with Crippen molar-refractivity contribution in [1.82, 2.24) is 10.6 Å². The van der Waals surface area contributed by atoms with Crippen molar-refractivity contribution in [3.8, 4) is 0 Å². The standard InChI is InChI=1S/C14H26N2O3S/c1-10(2)8-12(14(18)19-3)16-13(17)9-20-11-4-6-15-7-5-11/h10-12,15H,4-9H2,1-3H3,(H,16,17)/t12-/m0/s1. The van der Waals surface area contributed by atoms with Crippen molar-refractivity contribution in [1.29, 1.82) is 0 Å². The minimum Gasteiger partial charge on any atom is -0.467 e. The maximum atomic E-state index is 11.9.